The molecule has 0 aliphatic carbocycles. The number of benzene rings is 2. The van der Waals surface area contributed by atoms with Gasteiger partial charge in [0.15, 0.2) is 0 Å². The van der Waals surface area contributed by atoms with Crippen molar-refractivity contribution in [2.45, 2.75) is 0 Å². The maximum atomic E-state index is 10.8. The van der Waals surface area contributed by atoms with Crippen molar-refractivity contribution in [1.82, 2.24) is 10.2 Å². The zero-order valence-corrected chi connectivity index (χ0v) is 11.3. The Hall–Kier alpha value is -2.73. The Balaban J connectivity index is 2.01. The van der Waals surface area contributed by atoms with Crippen LogP contribution < -0.4 is 0 Å². The summed E-state index contributed by atoms with van der Waals surface area (Å²) >= 11 is 6.06. The summed E-state index contributed by atoms with van der Waals surface area (Å²) in [5, 5.41) is 19.1. The van der Waals surface area contributed by atoms with Crippen molar-refractivity contribution in [3.05, 3.63) is 63.7 Å². The first-order valence-corrected chi connectivity index (χ1v) is 6.36. The van der Waals surface area contributed by atoms with Crippen LogP contribution in [0.3, 0.4) is 0 Å². The number of non-ortho nitro benzene ring substituents is 1. The molecule has 6 nitrogen and oxygen atoms in total. The van der Waals surface area contributed by atoms with Gasteiger partial charge in [-0.2, -0.15) is 0 Å². The molecule has 0 N–H and O–H groups in total. The molecule has 0 saturated heterocycles. The molecule has 2 aromatic carbocycles. The molecule has 1 aromatic heterocycles. The minimum Gasteiger partial charge on any atom is -0.416 e. The predicted octanol–water partition coefficient (Wildman–Crippen LogP) is 3.97. The standard InChI is InChI=1S/C14H8ClN3O3/c15-12-7-2-1-6-11(12)14-17-16-13(21-14)9-4-3-5-10(8-9)18(19)20/h1-8H. The molecular weight excluding hydrogens is 294 g/mol. The van der Waals surface area contributed by atoms with Crippen LogP contribution in [0.15, 0.2) is 52.9 Å². The van der Waals surface area contributed by atoms with Crippen molar-refractivity contribution in [3.63, 3.8) is 0 Å². The van der Waals surface area contributed by atoms with Crippen LogP contribution in [0.5, 0.6) is 0 Å². The summed E-state index contributed by atoms with van der Waals surface area (Å²) in [4.78, 5) is 10.3. The lowest BCUT2D eigenvalue weighted by Crippen LogP contribution is -1.88. The first-order valence-electron chi connectivity index (χ1n) is 5.98. The Morgan fingerprint density at radius 2 is 1.81 bits per heavy atom. The van der Waals surface area contributed by atoms with Crippen LogP contribution in [0, 0.1) is 10.1 Å². The van der Waals surface area contributed by atoms with Crippen molar-refractivity contribution in [2.24, 2.45) is 0 Å². The van der Waals surface area contributed by atoms with Crippen molar-refractivity contribution >= 4 is 17.3 Å². The third kappa shape index (κ3) is 2.61. The highest BCUT2D eigenvalue weighted by Gasteiger charge is 2.15. The van der Waals surface area contributed by atoms with E-state index in [-0.39, 0.29) is 17.5 Å². The quantitative estimate of drug-likeness (QED) is 0.540. The molecule has 0 radical (unpaired) electrons. The van der Waals surface area contributed by atoms with E-state index in [0.29, 0.717) is 16.1 Å². The highest BCUT2D eigenvalue weighted by Crippen LogP contribution is 2.29. The number of nitrogens with zero attached hydrogens (tertiary/aromatic N) is 3. The monoisotopic (exact) mass is 301 g/mol. The lowest BCUT2D eigenvalue weighted by Gasteiger charge is -1.97. The van der Waals surface area contributed by atoms with E-state index in [2.05, 4.69) is 10.2 Å². The molecule has 104 valence electrons. The molecule has 1 heterocycles. The average Bonchev–Trinajstić information content (AvgIpc) is 2.97. The highest BCUT2D eigenvalue weighted by atomic mass is 35.5. The lowest BCUT2D eigenvalue weighted by atomic mass is 10.2. The third-order valence-electron chi connectivity index (χ3n) is 2.83. The molecule has 0 aliphatic heterocycles. The first-order chi connectivity index (χ1) is 10.1. The average molecular weight is 302 g/mol. The van der Waals surface area contributed by atoms with Gasteiger partial charge in [0.25, 0.3) is 5.69 Å². The third-order valence-corrected chi connectivity index (χ3v) is 3.16. The van der Waals surface area contributed by atoms with Crippen molar-refractivity contribution < 1.29 is 9.34 Å². The molecule has 7 heteroatoms. The van der Waals surface area contributed by atoms with Gasteiger partial charge in [0.1, 0.15) is 0 Å². The Morgan fingerprint density at radius 1 is 1.05 bits per heavy atom. The molecule has 0 saturated carbocycles. The summed E-state index contributed by atoms with van der Waals surface area (Å²) in [5.74, 6) is 0.468. The van der Waals surface area contributed by atoms with E-state index in [4.69, 9.17) is 16.0 Å². The van der Waals surface area contributed by atoms with Gasteiger partial charge in [-0.05, 0) is 18.2 Å². The largest absolute Gasteiger partial charge is 0.416 e. The molecule has 0 amide bonds. The Bertz CT molecular complexity index is 816. The van der Waals surface area contributed by atoms with Gasteiger partial charge in [-0.3, -0.25) is 10.1 Å². The van der Waals surface area contributed by atoms with E-state index in [1.54, 1.807) is 36.4 Å². The molecule has 21 heavy (non-hydrogen) atoms. The predicted molar refractivity (Wildman–Crippen MR) is 76.8 cm³/mol. The van der Waals surface area contributed by atoms with E-state index < -0.39 is 4.92 Å². The van der Waals surface area contributed by atoms with Crippen LogP contribution in [0.2, 0.25) is 5.02 Å². The topological polar surface area (TPSA) is 82.1 Å². The van der Waals surface area contributed by atoms with Crippen LogP contribution in [-0.2, 0) is 0 Å². The molecule has 0 atom stereocenters. The molecule has 0 spiro atoms. The van der Waals surface area contributed by atoms with E-state index >= 15 is 0 Å². The van der Waals surface area contributed by atoms with Gasteiger partial charge < -0.3 is 4.42 Å². The zero-order chi connectivity index (χ0) is 14.8. The Kier molecular flexibility index (Phi) is 3.37. The fourth-order valence-electron chi connectivity index (χ4n) is 1.84. The van der Waals surface area contributed by atoms with E-state index in [0.717, 1.165) is 0 Å². The molecule has 0 fully saturated rings. The second kappa shape index (κ2) is 5.34. The summed E-state index contributed by atoms with van der Waals surface area (Å²) in [6.07, 6.45) is 0. The van der Waals surface area contributed by atoms with Gasteiger partial charge in [-0.1, -0.05) is 29.8 Å². The summed E-state index contributed by atoms with van der Waals surface area (Å²) in [5.41, 5.74) is 1.06. The van der Waals surface area contributed by atoms with E-state index in [1.807, 2.05) is 0 Å². The molecule has 0 unspecified atom stereocenters. The fourth-order valence-corrected chi connectivity index (χ4v) is 2.05. The number of hydrogen-bond donors (Lipinski definition) is 0. The molecule has 0 aliphatic rings. The SMILES string of the molecule is O=[N+]([O-])c1cccc(-c2nnc(-c3ccccc3Cl)o2)c1. The first kappa shape index (κ1) is 13.3. The second-order valence-corrected chi connectivity index (χ2v) is 4.61. The number of nitro benzene ring substituents is 1. The Morgan fingerprint density at radius 3 is 2.57 bits per heavy atom. The second-order valence-electron chi connectivity index (χ2n) is 4.20. The summed E-state index contributed by atoms with van der Waals surface area (Å²) < 4.78 is 5.54. The molecule has 3 aromatic rings. The number of aromatic nitrogens is 2. The van der Waals surface area contributed by atoms with E-state index in [9.17, 15) is 10.1 Å². The van der Waals surface area contributed by atoms with E-state index in [1.165, 1.54) is 12.1 Å². The molecule has 3 rings (SSSR count). The van der Waals surface area contributed by atoms with Crippen molar-refractivity contribution in [2.75, 3.05) is 0 Å². The maximum Gasteiger partial charge on any atom is 0.270 e. The number of rotatable bonds is 3. The summed E-state index contributed by atoms with van der Waals surface area (Å²) in [6.45, 7) is 0. The molecular formula is C14H8ClN3O3. The summed E-state index contributed by atoms with van der Waals surface area (Å²) in [6, 6.07) is 13.1. The maximum absolute atomic E-state index is 10.8. The van der Waals surface area contributed by atoms with Crippen LogP contribution in [0.25, 0.3) is 22.9 Å². The highest BCUT2D eigenvalue weighted by molar-refractivity contribution is 6.33. The smallest absolute Gasteiger partial charge is 0.270 e. The van der Waals surface area contributed by atoms with Gasteiger partial charge in [-0.25, -0.2) is 0 Å². The van der Waals surface area contributed by atoms with Gasteiger partial charge in [0, 0.05) is 17.7 Å². The van der Waals surface area contributed by atoms with Crippen LogP contribution in [-0.4, -0.2) is 15.1 Å². The van der Waals surface area contributed by atoms with Gasteiger partial charge in [0.05, 0.1) is 15.5 Å². The van der Waals surface area contributed by atoms with Crippen LogP contribution in [0.4, 0.5) is 5.69 Å². The summed E-state index contributed by atoms with van der Waals surface area (Å²) in [7, 11) is 0. The molecule has 0 bridgehead atoms. The van der Waals surface area contributed by atoms with Crippen LogP contribution in [0.1, 0.15) is 0 Å². The number of hydrogen-bond acceptors (Lipinski definition) is 5. The van der Waals surface area contributed by atoms with Gasteiger partial charge in [-0.15, -0.1) is 10.2 Å². The van der Waals surface area contributed by atoms with Crippen molar-refractivity contribution in [1.29, 1.82) is 0 Å². The fraction of sp³-hybridized carbons (Fsp3) is 0. The van der Waals surface area contributed by atoms with Crippen molar-refractivity contribution in [3.8, 4) is 22.9 Å². The number of halogens is 1. The van der Waals surface area contributed by atoms with Gasteiger partial charge >= 0.3 is 0 Å². The zero-order valence-electron chi connectivity index (χ0n) is 10.6. The number of nitro groups is 1. The van der Waals surface area contributed by atoms with Gasteiger partial charge in [0.2, 0.25) is 11.8 Å². The normalized spacial score (nSPS) is 10.5. The lowest BCUT2D eigenvalue weighted by molar-refractivity contribution is -0.384. The Labute approximate surface area is 124 Å². The minimum atomic E-state index is -0.477. The minimum absolute atomic E-state index is 0.0370. The van der Waals surface area contributed by atoms with Crippen LogP contribution >= 0.6 is 11.6 Å².